The van der Waals surface area contributed by atoms with E-state index in [1.54, 1.807) is 20.9 Å². The van der Waals surface area contributed by atoms with Crippen LogP contribution in [0.5, 0.6) is 0 Å². The van der Waals surface area contributed by atoms with Crippen molar-refractivity contribution in [3.63, 3.8) is 0 Å². The van der Waals surface area contributed by atoms with Crippen molar-refractivity contribution < 1.29 is 9.53 Å². The second-order valence-corrected chi connectivity index (χ2v) is 3.70. The van der Waals surface area contributed by atoms with Crippen LogP contribution >= 0.6 is 0 Å². The van der Waals surface area contributed by atoms with Gasteiger partial charge in [-0.1, -0.05) is 0 Å². The minimum absolute atomic E-state index is 0.138. The van der Waals surface area contributed by atoms with E-state index in [9.17, 15) is 4.79 Å². The molecule has 2 aliphatic rings. The molecule has 0 N–H and O–H groups in total. The lowest BCUT2D eigenvalue weighted by Gasteiger charge is -2.32. The molecule has 15 heavy (non-hydrogen) atoms. The van der Waals surface area contributed by atoms with Crippen molar-refractivity contribution in [1.29, 1.82) is 0 Å². The quantitative estimate of drug-likeness (QED) is 0.573. The summed E-state index contributed by atoms with van der Waals surface area (Å²) < 4.78 is 5.09. The summed E-state index contributed by atoms with van der Waals surface area (Å²) >= 11 is 0. The van der Waals surface area contributed by atoms with Crippen molar-refractivity contribution >= 4 is 23.2 Å². The molecule has 0 fully saturated rings. The fourth-order valence-corrected chi connectivity index (χ4v) is 1.70. The van der Waals surface area contributed by atoms with Gasteiger partial charge in [-0.25, -0.2) is 5.01 Å². The van der Waals surface area contributed by atoms with Crippen LogP contribution in [-0.4, -0.2) is 42.4 Å². The molecule has 2 heterocycles. The summed E-state index contributed by atoms with van der Waals surface area (Å²) in [6, 6.07) is 0. The maximum Gasteiger partial charge on any atom is 0.260 e. The molecule has 0 spiro atoms. The molecular formula is C9H12N4O2. The minimum Gasteiger partial charge on any atom is -0.479 e. The topological polar surface area (TPSA) is 66.6 Å². The van der Waals surface area contributed by atoms with Gasteiger partial charge in [-0.2, -0.15) is 5.10 Å². The van der Waals surface area contributed by atoms with E-state index in [0.29, 0.717) is 17.3 Å². The van der Waals surface area contributed by atoms with Gasteiger partial charge in [-0.15, -0.1) is 10.2 Å². The van der Waals surface area contributed by atoms with E-state index in [2.05, 4.69) is 15.3 Å². The van der Waals surface area contributed by atoms with Crippen molar-refractivity contribution in [3.8, 4) is 0 Å². The van der Waals surface area contributed by atoms with E-state index in [-0.39, 0.29) is 5.91 Å². The normalized spacial score (nSPS) is 29.5. The smallest absolute Gasteiger partial charge is 0.260 e. The molecule has 2 rings (SSSR count). The number of hydrogen-bond acceptors (Lipinski definition) is 5. The monoisotopic (exact) mass is 208 g/mol. The van der Waals surface area contributed by atoms with Crippen molar-refractivity contribution in [2.45, 2.75) is 13.8 Å². The van der Waals surface area contributed by atoms with Crippen LogP contribution in [0, 0.1) is 5.41 Å². The first kappa shape index (κ1) is 9.82. The van der Waals surface area contributed by atoms with Gasteiger partial charge in [0.15, 0.2) is 0 Å². The Morgan fingerprint density at radius 1 is 1.40 bits per heavy atom. The molecule has 6 heteroatoms. The highest BCUT2D eigenvalue weighted by Crippen LogP contribution is 2.32. The zero-order chi connectivity index (χ0) is 11.2. The molecule has 1 atom stereocenters. The Labute approximate surface area is 87.3 Å². The standard InChI is InChI=1S/C9H12N4O2/c1-5-9(2)6(11-10-5)7(15-4)12-13(3)8(9)14/h1-4H3. The summed E-state index contributed by atoms with van der Waals surface area (Å²) in [4.78, 5) is 12.0. The maximum absolute atomic E-state index is 12.0. The Kier molecular flexibility index (Phi) is 1.89. The molecule has 0 saturated heterocycles. The molecule has 1 unspecified atom stereocenters. The number of fused-ring (bicyclic) bond motifs is 1. The van der Waals surface area contributed by atoms with Crippen LogP contribution < -0.4 is 0 Å². The van der Waals surface area contributed by atoms with Gasteiger partial charge in [0.2, 0.25) is 0 Å². The molecule has 1 amide bonds. The number of methoxy groups -OCH3 is 1. The van der Waals surface area contributed by atoms with Crippen molar-refractivity contribution in [2.75, 3.05) is 14.2 Å². The molecule has 0 aliphatic carbocycles. The van der Waals surface area contributed by atoms with E-state index in [0.717, 1.165) is 0 Å². The lowest BCUT2D eigenvalue weighted by Crippen LogP contribution is -2.53. The predicted molar refractivity (Wildman–Crippen MR) is 55.9 cm³/mol. The summed E-state index contributed by atoms with van der Waals surface area (Å²) in [5, 5.41) is 13.1. The summed E-state index contributed by atoms with van der Waals surface area (Å²) in [6.45, 7) is 3.56. The van der Waals surface area contributed by atoms with Crippen molar-refractivity contribution in [3.05, 3.63) is 0 Å². The van der Waals surface area contributed by atoms with Gasteiger partial charge < -0.3 is 4.74 Å². The number of amides is 1. The van der Waals surface area contributed by atoms with Gasteiger partial charge in [-0.05, 0) is 13.8 Å². The zero-order valence-electron chi connectivity index (χ0n) is 9.11. The summed E-state index contributed by atoms with van der Waals surface area (Å²) in [7, 11) is 3.09. The number of hydrogen-bond donors (Lipinski definition) is 0. The number of nitrogens with zero attached hydrogens (tertiary/aromatic N) is 4. The van der Waals surface area contributed by atoms with Gasteiger partial charge in [0, 0.05) is 7.05 Å². The van der Waals surface area contributed by atoms with E-state index >= 15 is 0 Å². The van der Waals surface area contributed by atoms with Crippen LogP contribution in [0.2, 0.25) is 0 Å². The van der Waals surface area contributed by atoms with Crippen LogP contribution in [-0.2, 0) is 9.53 Å². The van der Waals surface area contributed by atoms with Crippen molar-refractivity contribution in [2.24, 2.45) is 20.7 Å². The highest BCUT2D eigenvalue weighted by molar-refractivity contribution is 6.52. The Morgan fingerprint density at radius 2 is 2.07 bits per heavy atom. The number of rotatable bonds is 0. The third-order valence-corrected chi connectivity index (χ3v) is 2.86. The fraction of sp³-hybridized carbons (Fsp3) is 0.556. The molecule has 6 nitrogen and oxygen atoms in total. The molecular weight excluding hydrogens is 196 g/mol. The van der Waals surface area contributed by atoms with Crippen LogP contribution in [0.4, 0.5) is 0 Å². The SMILES string of the molecule is COC1=NN(C)C(=O)C2(C)C(C)=NN=C12. The third kappa shape index (κ3) is 1.04. The Bertz CT molecular complexity index is 424. The average molecular weight is 208 g/mol. The molecule has 0 saturated carbocycles. The summed E-state index contributed by atoms with van der Waals surface area (Å²) in [5.41, 5.74) is 0.339. The van der Waals surface area contributed by atoms with Gasteiger partial charge in [-0.3, -0.25) is 4.79 Å². The molecule has 0 aromatic rings. The molecule has 2 aliphatic heterocycles. The maximum atomic E-state index is 12.0. The first-order valence-corrected chi connectivity index (χ1v) is 4.56. The number of ether oxygens (including phenoxy) is 1. The number of carbonyl (C=O) groups excluding carboxylic acids is 1. The van der Waals surface area contributed by atoms with Gasteiger partial charge in [0.05, 0.1) is 12.8 Å². The first-order chi connectivity index (χ1) is 7.01. The Hall–Kier alpha value is -1.72. The highest BCUT2D eigenvalue weighted by atomic mass is 16.5. The zero-order valence-corrected chi connectivity index (χ0v) is 9.11. The average Bonchev–Trinajstić information content (AvgIpc) is 2.52. The number of carbonyl (C=O) groups is 1. The first-order valence-electron chi connectivity index (χ1n) is 4.56. The molecule has 0 aromatic carbocycles. The minimum atomic E-state index is -0.818. The van der Waals surface area contributed by atoms with Gasteiger partial charge in [0.1, 0.15) is 11.1 Å². The molecule has 0 radical (unpaired) electrons. The second-order valence-electron chi connectivity index (χ2n) is 3.70. The summed E-state index contributed by atoms with van der Waals surface area (Å²) in [6.07, 6.45) is 0. The van der Waals surface area contributed by atoms with Crippen LogP contribution in [0.15, 0.2) is 15.3 Å². The highest BCUT2D eigenvalue weighted by Gasteiger charge is 2.52. The lowest BCUT2D eigenvalue weighted by molar-refractivity contribution is -0.134. The molecule has 0 aromatic heterocycles. The Balaban J connectivity index is 2.58. The Morgan fingerprint density at radius 3 is 2.67 bits per heavy atom. The predicted octanol–water partition coefficient (Wildman–Crippen LogP) is 0.255. The van der Waals surface area contributed by atoms with E-state index in [1.165, 1.54) is 12.1 Å². The van der Waals surface area contributed by atoms with E-state index in [1.807, 2.05) is 0 Å². The third-order valence-electron chi connectivity index (χ3n) is 2.86. The van der Waals surface area contributed by atoms with Crippen molar-refractivity contribution in [1.82, 2.24) is 5.01 Å². The van der Waals surface area contributed by atoms with Crippen LogP contribution in [0.25, 0.3) is 0 Å². The van der Waals surface area contributed by atoms with E-state index < -0.39 is 5.41 Å². The molecule has 80 valence electrons. The number of hydrazone groups is 1. The largest absolute Gasteiger partial charge is 0.479 e. The second kappa shape index (κ2) is 2.88. The van der Waals surface area contributed by atoms with Crippen LogP contribution in [0.3, 0.4) is 0 Å². The van der Waals surface area contributed by atoms with E-state index in [4.69, 9.17) is 4.74 Å². The van der Waals surface area contributed by atoms with Crippen LogP contribution in [0.1, 0.15) is 13.8 Å². The fourth-order valence-electron chi connectivity index (χ4n) is 1.70. The van der Waals surface area contributed by atoms with Gasteiger partial charge >= 0.3 is 0 Å². The molecule has 0 bridgehead atoms. The summed E-state index contributed by atoms with van der Waals surface area (Å²) in [5.74, 6) is 0.209. The lowest BCUT2D eigenvalue weighted by atomic mass is 9.79. The van der Waals surface area contributed by atoms with Gasteiger partial charge in [0.25, 0.3) is 11.8 Å².